The second-order valence-corrected chi connectivity index (χ2v) is 25.2. The molecule has 73 heavy (non-hydrogen) atoms. The molecule has 13 nitrogen and oxygen atoms in total. The largest absolute Gasteiger partial charge is 0.501 e. The average molecular weight is 1090 g/mol. The predicted octanol–water partition coefficient (Wildman–Crippen LogP) is 8.50. The molecular weight excluding hydrogens is 1020 g/mol. The van der Waals surface area contributed by atoms with Crippen molar-refractivity contribution in [1.29, 1.82) is 0 Å². The number of allylic oxidation sites excluding steroid dienone is 1. The van der Waals surface area contributed by atoms with E-state index in [-0.39, 0.29) is 11.0 Å². The Balaban J connectivity index is 0.921. The van der Waals surface area contributed by atoms with E-state index in [4.69, 9.17) is 16.3 Å². The Labute approximate surface area is 438 Å². The maximum absolute atomic E-state index is 14.3. The number of carbonyl (C=O) groups is 1. The van der Waals surface area contributed by atoms with Crippen LogP contribution in [0.15, 0.2) is 117 Å². The predicted molar refractivity (Wildman–Crippen MR) is 285 cm³/mol. The number of ether oxygens (including phenoxy) is 1. The molecule has 396 valence electrons. The lowest BCUT2D eigenvalue weighted by Crippen LogP contribution is -2.52. The fourth-order valence-electron chi connectivity index (χ4n) is 10.4. The first-order valence-corrected chi connectivity index (χ1v) is 29.4. The molecule has 0 aromatic heterocycles. The highest BCUT2D eigenvalue weighted by atomic mass is 35.5. The van der Waals surface area contributed by atoms with E-state index in [2.05, 4.69) is 56.2 Å². The van der Waals surface area contributed by atoms with Gasteiger partial charge in [-0.3, -0.25) is 14.6 Å². The van der Waals surface area contributed by atoms with Gasteiger partial charge in [0.1, 0.15) is 4.90 Å². The van der Waals surface area contributed by atoms with Gasteiger partial charge in [-0.1, -0.05) is 54.4 Å². The van der Waals surface area contributed by atoms with Crippen molar-refractivity contribution >= 4 is 66.1 Å². The molecule has 3 N–H and O–H groups in total. The van der Waals surface area contributed by atoms with Crippen LogP contribution in [0.5, 0.6) is 0 Å². The highest BCUT2D eigenvalue weighted by molar-refractivity contribution is 7.99. The number of sulfonamides is 1. The fourth-order valence-corrected chi connectivity index (χ4v) is 13.6. The minimum atomic E-state index is -6.07. The van der Waals surface area contributed by atoms with Gasteiger partial charge in [-0.2, -0.15) is 13.2 Å². The van der Waals surface area contributed by atoms with Crippen molar-refractivity contribution in [1.82, 2.24) is 24.7 Å². The van der Waals surface area contributed by atoms with E-state index in [0.29, 0.717) is 55.6 Å². The summed E-state index contributed by atoms with van der Waals surface area (Å²) in [5.74, 6) is -0.654. The molecule has 3 aliphatic heterocycles. The highest BCUT2D eigenvalue weighted by Crippen LogP contribution is 2.44. The van der Waals surface area contributed by atoms with E-state index >= 15 is 0 Å². The molecule has 0 spiro atoms. The SMILES string of the molecule is C[C@@H]1CN(C[C@]2(C)CCC(c3ccc(Cl)cc3)=C(CN3CCN(c4ccc(C(=O)NS(=O)(=O)c5ccc(N[C@H](CCN6CCCOCC6)CSc6ccccc6)c(S(=O)(=O)C(F)(F)F)c5)cc4)CC3)C2)CCN1. The molecule has 3 fully saturated rings. The van der Waals surface area contributed by atoms with Crippen molar-refractivity contribution in [2.45, 2.75) is 78.2 Å². The zero-order chi connectivity index (χ0) is 51.8. The number of nitrogens with one attached hydrogen (secondary N) is 3. The molecule has 1 aliphatic carbocycles. The van der Waals surface area contributed by atoms with Gasteiger partial charge in [-0.25, -0.2) is 21.6 Å². The molecule has 8 rings (SSSR count). The van der Waals surface area contributed by atoms with Crippen LogP contribution in [0.4, 0.5) is 24.5 Å². The van der Waals surface area contributed by atoms with Crippen LogP contribution in [0.25, 0.3) is 5.57 Å². The summed E-state index contributed by atoms with van der Waals surface area (Å²) in [6, 6.07) is 26.5. The topological polar surface area (TPSA) is 144 Å². The first kappa shape index (κ1) is 55.1. The zero-order valence-electron chi connectivity index (χ0n) is 41.5. The van der Waals surface area contributed by atoms with Crippen molar-refractivity contribution in [3.63, 3.8) is 0 Å². The number of carbonyl (C=O) groups excluding carboxylic acids is 1. The lowest BCUT2D eigenvalue weighted by molar-refractivity contribution is -0.0435. The summed E-state index contributed by atoms with van der Waals surface area (Å²) in [6.45, 7) is 16.0. The molecule has 3 atom stereocenters. The van der Waals surface area contributed by atoms with Gasteiger partial charge in [0.25, 0.3) is 25.8 Å². The molecule has 4 aliphatic rings. The number of hydrogen-bond donors (Lipinski definition) is 3. The van der Waals surface area contributed by atoms with E-state index in [9.17, 15) is 34.8 Å². The number of thioether (sulfide) groups is 1. The number of amides is 1. The Morgan fingerprint density at radius 3 is 2.34 bits per heavy atom. The summed E-state index contributed by atoms with van der Waals surface area (Å²) in [5, 5.41) is 7.30. The number of benzene rings is 4. The molecule has 0 radical (unpaired) electrons. The molecular formula is C53H67ClF3N7O6S3. The van der Waals surface area contributed by atoms with Crippen molar-refractivity contribution in [3.05, 3.63) is 119 Å². The van der Waals surface area contributed by atoms with Gasteiger partial charge in [0.15, 0.2) is 0 Å². The summed E-state index contributed by atoms with van der Waals surface area (Å²) in [5.41, 5.74) is -1.04. The quantitative estimate of drug-likeness (QED) is 0.0821. The molecule has 20 heteroatoms. The first-order chi connectivity index (χ1) is 34.8. The normalized spacial score (nSPS) is 21.7. The van der Waals surface area contributed by atoms with Crippen molar-refractivity contribution in [3.8, 4) is 0 Å². The number of halogens is 4. The Kier molecular flexibility index (Phi) is 18.3. The van der Waals surface area contributed by atoms with E-state index < -0.39 is 52.8 Å². The van der Waals surface area contributed by atoms with Crippen molar-refractivity contribution in [2.75, 3.05) is 108 Å². The average Bonchev–Trinajstić information content (AvgIpc) is 3.64. The highest BCUT2D eigenvalue weighted by Gasteiger charge is 2.48. The summed E-state index contributed by atoms with van der Waals surface area (Å²) in [6.07, 6.45) is 4.41. The number of alkyl halides is 3. The van der Waals surface area contributed by atoms with Crippen molar-refractivity contribution < 1.29 is 39.5 Å². The van der Waals surface area contributed by atoms with Gasteiger partial charge in [0, 0.05) is 124 Å². The smallest absolute Gasteiger partial charge is 0.380 e. The Morgan fingerprint density at radius 1 is 0.890 bits per heavy atom. The molecule has 0 unspecified atom stereocenters. The van der Waals surface area contributed by atoms with Gasteiger partial charge >= 0.3 is 5.51 Å². The fraction of sp³-hybridized carbons (Fsp3) is 0.491. The van der Waals surface area contributed by atoms with Crippen LogP contribution in [0.3, 0.4) is 0 Å². The van der Waals surface area contributed by atoms with Crippen LogP contribution in [-0.4, -0.2) is 153 Å². The van der Waals surface area contributed by atoms with Crippen LogP contribution in [0.1, 0.15) is 61.9 Å². The third-order valence-electron chi connectivity index (χ3n) is 14.3. The standard InChI is InChI=1S/C53H67ClF3N7O6S3/c1-39-35-63(25-22-58-39)38-52(2)21-19-48(40-9-13-43(54)14-10-40)42(34-52)36-62-26-28-64(29-27-62)45-15-11-41(12-16-45)51(65)60-73(68,69)47-17-18-49(50(33-47)72(66,67)53(55,56)57)59-44(37-71-46-7-4-3-5-8-46)20-24-61-23-6-31-70-32-30-61/h3-5,7-18,33,39,44,58-59H,6,19-32,34-38H2,1-2H3,(H,60,65)/t39-,44-,52-/m1/s1. The minimum absolute atomic E-state index is 0.000555. The number of sulfone groups is 1. The maximum atomic E-state index is 14.3. The van der Waals surface area contributed by atoms with Gasteiger partial charge in [0.2, 0.25) is 0 Å². The van der Waals surface area contributed by atoms with Crippen LogP contribution in [-0.2, 0) is 24.6 Å². The summed E-state index contributed by atoms with van der Waals surface area (Å²) < 4.78 is 104. The second kappa shape index (κ2) is 24.2. The molecule has 1 amide bonds. The lowest BCUT2D eigenvalue weighted by Gasteiger charge is -2.44. The third-order valence-corrected chi connectivity index (χ3v) is 18.6. The minimum Gasteiger partial charge on any atom is -0.380 e. The Hall–Kier alpha value is -4.18. The van der Waals surface area contributed by atoms with Crippen LogP contribution >= 0.6 is 23.4 Å². The molecule has 3 heterocycles. The second-order valence-electron chi connectivity index (χ2n) is 20.1. The first-order valence-electron chi connectivity index (χ1n) is 25.1. The summed E-state index contributed by atoms with van der Waals surface area (Å²) in [7, 11) is -10.9. The maximum Gasteiger partial charge on any atom is 0.501 e. The number of piperazine rings is 2. The number of rotatable bonds is 18. The van der Waals surface area contributed by atoms with Crippen molar-refractivity contribution in [2.24, 2.45) is 5.41 Å². The Bertz CT molecular complexity index is 2760. The van der Waals surface area contributed by atoms with E-state index in [1.165, 1.54) is 40.6 Å². The zero-order valence-corrected chi connectivity index (χ0v) is 44.7. The number of nitrogens with zero attached hydrogens (tertiary/aromatic N) is 4. The van der Waals surface area contributed by atoms with Crippen LogP contribution in [0.2, 0.25) is 5.02 Å². The third kappa shape index (κ3) is 14.6. The molecule has 0 bridgehead atoms. The monoisotopic (exact) mass is 1090 g/mol. The molecule has 4 aromatic rings. The summed E-state index contributed by atoms with van der Waals surface area (Å²) >= 11 is 7.76. The lowest BCUT2D eigenvalue weighted by atomic mass is 9.71. The summed E-state index contributed by atoms with van der Waals surface area (Å²) in [4.78, 5) is 21.8. The molecule has 4 aromatic carbocycles. The number of anilines is 2. The molecule has 3 saturated heterocycles. The Morgan fingerprint density at radius 2 is 1.63 bits per heavy atom. The van der Waals surface area contributed by atoms with Gasteiger partial charge in [-0.15, -0.1) is 11.8 Å². The van der Waals surface area contributed by atoms with Crippen LogP contribution < -0.4 is 20.3 Å². The van der Waals surface area contributed by atoms with E-state index in [1.54, 1.807) is 12.1 Å². The van der Waals surface area contributed by atoms with E-state index in [1.807, 2.05) is 47.2 Å². The number of hydrogen-bond acceptors (Lipinski definition) is 13. The van der Waals surface area contributed by atoms with Gasteiger partial charge in [-0.05, 0) is 122 Å². The van der Waals surface area contributed by atoms with Gasteiger partial charge < -0.3 is 25.2 Å². The molecule has 0 saturated carbocycles. The van der Waals surface area contributed by atoms with Gasteiger partial charge in [0.05, 0.1) is 17.2 Å². The van der Waals surface area contributed by atoms with E-state index in [0.717, 1.165) is 114 Å². The van der Waals surface area contributed by atoms with Crippen LogP contribution in [0, 0.1) is 5.41 Å².